The fourth-order valence-electron chi connectivity index (χ4n) is 3.54. The third-order valence-electron chi connectivity index (χ3n) is 5.06. The number of hydrogen-bond donors (Lipinski definition) is 0. The summed E-state index contributed by atoms with van der Waals surface area (Å²) in [4.78, 5) is 14.1. The van der Waals surface area contributed by atoms with Crippen LogP contribution in [0.25, 0.3) is 33.9 Å². The molecule has 1 aromatic carbocycles. The second-order valence-corrected chi connectivity index (χ2v) is 6.70. The molecular weight excluding hydrogens is 336 g/mol. The summed E-state index contributed by atoms with van der Waals surface area (Å²) >= 11 is 0. The molecule has 132 valence electrons. The van der Waals surface area contributed by atoms with Gasteiger partial charge in [0, 0.05) is 17.5 Å². The molecule has 4 aromatic heterocycles. The Morgan fingerprint density at radius 1 is 0.852 bits per heavy atom. The van der Waals surface area contributed by atoms with E-state index in [0.717, 1.165) is 44.9 Å². The number of rotatable bonds is 2. The van der Waals surface area contributed by atoms with E-state index in [9.17, 15) is 0 Å². The molecule has 5 aromatic rings. The average molecular weight is 354 g/mol. The van der Waals surface area contributed by atoms with Gasteiger partial charge in [0.05, 0.1) is 5.39 Å². The average Bonchev–Trinajstić information content (AvgIpc) is 3.23. The van der Waals surface area contributed by atoms with Crippen LogP contribution in [0, 0.1) is 20.8 Å². The number of benzene rings is 1. The monoisotopic (exact) mass is 354 g/mol. The van der Waals surface area contributed by atoms with Crippen LogP contribution in [-0.4, -0.2) is 29.1 Å². The number of hydrogen-bond acceptors (Lipinski definition) is 4. The smallest absolute Gasteiger partial charge is 0.182 e. The first-order valence-electron chi connectivity index (χ1n) is 8.85. The maximum Gasteiger partial charge on any atom is 0.182 e. The lowest BCUT2D eigenvalue weighted by Crippen LogP contribution is -2.03. The van der Waals surface area contributed by atoms with Crippen LogP contribution in [0.4, 0.5) is 0 Å². The summed E-state index contributed by atoms with van der Waals surface area (Å²) in [6.45, 7) is 6.26. The van der Waals surface area contributed by atoms with Crippen molar-refractivity contribution >= 4 is 16.7 Å². The van der Waals surface area contributed by atoms with Crippen LogP contribution in [0.1, 0.15) is 16.8 Å². The first kappa shape index (κ1) is 15.7. The molecule has 0 radical (unpaired) electrons. The fraction of sp³-hybridized carbons (Fsp3) is 0.143. The van der Waals surface area contributed by atoms with Gasteiger partial charge in [0.25, 0.3) is 0 Å². The molecule has 0 N–H and O–H groups in total. The lowest BCUT2D eigenvalue weighted by Gasteiger charge is -2.09. The second kappa shape index (κ2) is 5.74. The minimum Gasteiger partial charge on any atom is -0.282 e. The molecule has 4 heterocycles. The molecule has 0 atom stereocenters. The highest BCUT2D eigenvalue weighted by Crippen LogP contribution is 2.30. The molecule has 5 rings (SSSR count). The van der Waals surface area contributed by atoms with E-state index in [4.69, 9.17) is 9.97 Å². The molecule has 0 aliphatic carbocycles. The standard InChI is InChI=1S/C21H18N6/c1-13-8-7-11-22-19(13)27-15(3)14(2)17-20(27)23-12-26-21(17)24-18(25-26)16-9-5-4-6-10-16/h4-12H,1-3H3. The highest BCUT2D eigenvalue weighted by atomic mass is 15.3. The van der Waals surface area contributed by atoms with E-state index in [2.05, 4.69) is 41.5 Å². The predicted molar refractivity (Wildman–Crippen MR) is 105 cm³/mol. The van der Waals surface area contributed by atoms with Gasteiger partial charge in [-0.25, -0.2) is 19.5 Å². The molecule has 0 saturated heterocycles. The zero-order valence-corrected chi connectivity index (χ0v) is 15.4. The maximum atomic E-state index is 4.82. The summed E-state index contributed by atoms with van der Waals surface area (Å²) in [5.74, 6) is 1.59. The Hall–Kier alpha value is -3.54. The van der Waals surface area contributed by atoms with E-state index in [1.54, 1.807) is 10.8 Å². The zero-order chi connectivity index (χ0) is 18.5. The van der Waals surface area contributed by atoms with Gasteiger partial charge in [-0.3, -0.25) is 4.57 Å². The van der Waals surface area contributed by atoms with Crippen LogP contribution in [0.2, 0.25) is 0 Å². The molecule has 0 bridgehead atoms. The number of fused-ring (bicyclic) bond motifs is 3. The molecule has 6 heteroatoms. The Morgan fingerprint density at radius 3 is 2.44 bits per heavy atom. The van der Waals surface area contributed by atoms with Gasteiger partial charge in [-0.15, -0.1) is 5.10 Å². The Morgan fingerprint density at radius 2 is 1.67 bits per heavy atom. The van der Waals surface area contributed by atoms with Crippen LogP contribution < -0.4 is 0 Å². The molecule has 0 unspecified atom stereocenters. The first-order valence-corrected chi connectivity index (χ1v) is 8.85. The third-order valence-corrected chi connectivity index (χ3v) is 5.06. The largest absolute Gasteiger partial charge is 0.282 e. The van der Waals surface area contributed by atoms with E-state index >= 15 is 0 Å². The van der Waals surface area contributed by atoms with Crippen molar-refractivity contribution in [2.24, 2.45) is 0 Å². The van der Waals surface area contributed by atoms with E-state index in [0.29, 0.717) is 5.82 Å². The van der Waals surface area contributed by atoms with Gasteiger partial charge in [-0.2, -0.15) is 0 Å². The van der Waals surface area contributed by atoms with Gasteiger partial charge in [-0.05, 0) is 38.0 Å². The molecule has 0 saturated carbocycles. The van der Waals surface area contributed by atoms with Crippen LogP contribution >= 0.6 is 0 Å². The maximum absolute atomic E-state index is 4.82. The Kier molecular flexibility index (Phi) is 3.33. The van der Waals surface area contributed by atoms with Crippen LogP contribution in [0.15, 0.2) is 55.0 Å². The summed E-state index contributed by atoms with van der Waals surface area (Å²) in [6.07, 6.45) is 3.54. The topological polar surface area (TPSA) is 60.9 Å². The zero-order valence-electron chi connectivity index (χ0n) is 15.4. The van der Waals surface area contributed by atoms with Gasteiger partial charge >= 0.3 is 0 Å². The number of pyridine rings is 1. The van der Waals surface area contributed by atoms with Crippen LogP contribution in [0.5, 0.6) is 0 Å². The second-order valence-electron chi connectivity index (χ2n) is 6.70. The van der Waals surface area contributed by atoms with Crippen molar-refractivity contribution in [1.82, 2.24) is 29.1 Å². The summed E-state index contributed by atoms with van der Waals surface area (Å²) in [5, 5.41) is 5.63. The third kappa shape index (κ3) is 2.26. The Bertz CT molecular complexity index is 1300. The van der Waals surface area contributed by atoms with E-state index in [-0.39, 0.29) is 0 Å². The van der Waals surface area contributed by atoms with Crippen molar-refractivity contribution in [2.45, 2.75) is 20.8 Å². The van der Waals surface area contributed by atoms with Gasteiger partial charge in [-0.1, -0.05) is 36.4 Å². The molecule has 27 heavy (non-hydrogen) atoms. The van der Waals surface area contributed by atoms with E-state index in [1.165, 1.54) is 0 Å². The molecule has 0 aliphatic rings. The SMILES string of the molecule is Cc1cccnc1-n1c(C)c(C)c2c1ncn1nc(-c3ccccc3)nc21. The fourth-order valence-corrected chi connectivity index (χ4v) is 3.54. The van der Waals surface area contributed by atoms with E-state index in [1.807, 2.05) is 42.6 Å². The Labute approximate surface area is 156 Å². The minimum atomic E-state index is 0.698. The normalized spacial score (nSPS) is 11.5. The molecular formula is C21H18N6. The molecule has 0 spiro atoms. The van der Waals surface area contributed by atoms with Crippen molar-refractivity contribution in [3.63, 3.8) is 0 Å². The highest BCUT2D eigenvalue weighted by molar-refractivity contribution is 5.95. The lowest BCUT2D eigenvalue weighted by molar-refractivity contribution is 0.915. The van der Waals surface area contributed by atoms with Crippen LogP contribution in [-0.2, 0) is 0 Å². The summed E-state index contributed by atoms with van der Waals surface area (Å²) in [5.41, 5.74) is 6.00. The van der Waals surface area contributed by atoms with Gasteiger partial charge in [0.2, 0.25) is 0 Å². The van der Waals surface area contributed by atoms with Gasteiger partial charge in [0.15, 0.2) is 17.1 Å². The highest BCUT2D eigenvalue weighted by Gasteiger charge is 2.20. The summed E-state index contributed by atoms with van der Waals surface area (Å²) in [6, 6.07) is 14.0. The van der Waals surface area contributed by atoms with Crippen molar-refractivity contribution < 1.29 is 0 Å². The molecule has 0 fully saturated rings. The molecule has 0 amide bonds. The minimum absolute atomic E-state index is 0.698. The number of nitrogens with zero attached hydrogens (tertiary/aromatic N) is 6. The van der Waals surface area contributed by atoms with Crippen molar-refractivity contribution in [3.05, 3.63) is 71.8 Å². The summed E-state index contributed by atoms with van der Waals surface area (Å²) < 4.78 is 3.86. The molecule has 0 aliphatic heterocycles. The van der Waals surface area contributed by atoms with Crippen LogP contribution in [0.3, 0.4) is 0 Å². The van der Waals surface area contributed by atoms with Gasteiger partial charge in [0.1, 0.15) is 12.1 Å². The summed E-state index contributed by atoms with van der Waals surface area (Å²) in [7, 11) is 0. The molecule has 6 nitrogen and oxygen atoms in total. The number of aryl methyl sites for hydroxylation is 2. The van der Waals surface area contributed by atoms with Gasteiger partial charge < -0.3 is 0 Å². The first-order chi connectivity index (χ1) is 13.1. The van der Waals surface area contributed by atoms with Crippen molar-refractivity contribution in [1.29, 1.82) is 0 Å². The van der Waals surface area contributed by atoms with E-state index < -0.39 is 0 Å². The van der Waals surface area contributed by atoms with Crippen molar-refractivity contribution in [3.8, 4) is 17.2 Å². The van der Waals surface area contributed by atoms with Crippen molar-refractivity contribution in [2.75, 3.05) is 0 Å². The quantitative estimate of drug-likeness (QED) is 0.480. The Balaban J connectivity index is 1.84. The number of aromatic nitrogens is 6. The predicted octanol–water partition coefficient (Wildman–Crippen LogP) is 4.06. The lowest BCUT2D eigenvalue weighted by atomic mass is 10.2.